The van der Waals surface area contributed by atoms with Gasteiger partial charge >= 0.3 is 0 Å². The predicted molar refractivity (Wildman–Crippen MR) is 74.9 cm³/mol. The normalized spacial score (nSPS) is 11.2. The average molecular weight is 313 g/mol. The van der Waals surface area contributed by atoms with Crippen LogP contribution in [-0.4, -0.2) is 15.5 Å². The maximum absolute atomic E-state index is 13.2. The van der Waals surface area contributed by atoms with Gasteiger partial charge in [0.15, 0.2) is 11.6 Å². The molecule has 0 unspecified atom stereocenters. The molecule has 112 valence electrons. The summed E-state index contributed by atoms with van der Waals surface area (Å²) in [5.41, 5.74) is 1.04. The number of methoxy groups -OCH3 is 1. The smallest absolute Gasteiger partial charge is 0.262 e. The second kappa shape index (κ2) is 5.69. The Bertz CT molecular complexity index is 776. The molecule has 0 aliphatic rings. The molecule has 0 fully saturated rings. The van der Waals surface area contributed by atoms with E-state index in [-0.39, 0.29) is 10.6 Å². The summed E-state index contributed by atoms with van der Waals surface area (Å²) >= 11 is 0. The molecule has 0 aromatic heterocycles. The Morgan fingerprint density at radius 3 is 2.38 bits per heavy atom. The van der Waals surface area contributed by atoms with Crippen molar-refractivity contribution in [3.63, 3.8) is 0 Å². The van der Waals surface area contributed by atoms with Gasteiger partial charge in [0, 0.05) is 0 Å². The quantitative estimate of drug-likeness (QED) is 0.944. The Labute approximate surface area is 121 Å². The van der Waals surface area contributed by atoms with Gasteiger partial charge in [-0.05, 0) is 42.8 Å². The summed E-state index contributed by atoms with van der Waals surface area (Å²) in [7, 11) is -2.64. The van der Waals surface area contributed by atoms with Crippen LogP contribution in [0.4, 0.5) is 14.5 Å². The van der Waals surface area contributed by atoms with Crippen molar-refractivity contribution in [1.82, 2.24) is 0 Å². The first-order valence-electron chi connectivity index (χ1n) is 5.96. The summed E-state index contributed by atoms with van der Waals surface area (Å²) < 4.78 is 57.8. The predicted octanol–water partition coefficient (Wildman–Crippen LogP) is 3.08. The van der Waals surface area contributed by atoms with Crippen molar-refractivity contribution in [2.24, 2.45) is 0 Å². The molecule has 0 heterocycles. The van der Waals surface area contributed by atoms with Crippen molar-refractivity contribution < 1.29 is 21.9 Å². The topological polar surface area (TPSA) is 55.4 Å². The molecule has 2 rings (SSSR count). The highest BCUT2D eigenvalue weighted by Gasteiger charge is 2.18. The second-order valence-corrected chi connectivity index (χ2v) is 6.07. The Balaban J connectivity index is 2.41. The Morgan fingerprint density at radius 1 is 1.05 bits per heavy atom. The third-order valence-corrected chi connectivity index (χ3v) is 4.16. The summed E-state index contributed by atoms with van der Waals surface area (Å²) in [4.78, 5) is -0.370. The van der Waals surface area contributed by atoms with Crippen LogP contribution >= 0.6 is 0 Å². The number of ether oxygens (including phenoxy) is 1. The van der Waals surface area contributed by atoms with Gasteiger partial charge in [-0.3, -0.25) is 4.72 Å². The third-order valence-electron chi connectivity index (χ3n) is 2.80. The number of anilines is 1. The lowest BCUT2D eigenvalue weighted by atomic mass is 10.2. The molecule has 0 aliphatic carbocycles. The number of halogens is 2. The van der Waals surface area contributed by atoms with Gasteiger partial charge in [0.25, 0.3) is 10.0 Å². The number of aryl methyl sites for hydroxylation is 1. The van der Waals surface area contributed by atoms with Gasteiger partial charge in [0.05, 0.1) is 17.7 Å². The van der Waals surface area contributed by atoms with E-state index in [1.807, 2.05) is 0 Å². The number of nitrogens with one attached hydrogen (secondary N) is 1. The van der Waals surface area contributed by atoms with E-state index < -0.39 is 21.7 Å². The van der Waals surface area contributed by atoms with E-state index in [1.165, 1.54) is 7.11 Å². The molecule has 0 spiro atoms. The average Bonchev–Trinajstić information content (AvgIpc) is 2.41. The Morgan fingerprint density at radius 2 is 1.76 bits per heavy atom. The molecule has 7 heteroatoms. The van der Waals surface area contributed by atoms with E-state index in [1.54, 1.807) is 25.1 Å². The van der Waals surface area contributed by atoms with Gasteiger partial charge in [-0.15, -0.1) is 0 Å². The number of benzene rings is 2. The third kappa shape index (κ3) is 3.30. The van der Waals surface area contributed by atoms with Crippen molar-refractivity contribution in [3.05, 3.63) is 53.6 Å². The summed E-state index contributed by atoms with van der Waals surface area (Å²) in [6.07, 6.45) is 0. The summed E-state index contributed by atoms with van der Waals surface area (Å²) in [6.45, 7) is 1.79. The fourth-order valence-corrected chi connectivity index (χ4v) is 2.82. The number of sulfonamides is 1. The Kier molecular flexibility index (Phi) is 4.13. The fraction of sp³-hybridized carbons (Fsp3) is 0.143. The molecule has 0 saturated heterocycles. The fourth-order valence-electron chi connectivity index (χ4n) is 1.75. The lowest BCUT2D eigenvalue weighted by molar-refractivity contribution is 0.417. The maximum Gasteiger partial charge on any atom is 0.262 e. The van der Waals surface area contributed by atoms with E-state index in [2.05, 4.69) is 4.72 Å². The summed E-state index contributed by atoms with van der Waals surface area (Å²) in [5.74, 6) is -2.01. The number of hydrogen-bond acceptors (Lipinski definition) is 3. The summed E-state index contributed by atoms with van der Waals surface area (Å²) in [6, 6.07) is 7.32. The largest absolute Gasteiger partial charge is 0.495 e. The lowest BCUT2D eigenvalue weighted by Gasteiger charge is -2.12. The first kappa shape index (κ1) is 15.2. The molecule has 0 saturated carbocycles. The minimum Gasteiger partial charge on any atom is -0.495 e. The zero-order valence-corrected chi connectivity index (χ0v) is 12.2. The number of hydrogen-bond donors (Lipinski definition) is 1. The SMILES string of the molecule is COc1ccc(C)cc1NS(=O)(=O)c1ccc(F)c(F)c1. The molecule has 2 aromatic carbocycles. The molecule has 1 N–H and O–H groups in total. The molecule has 0 amide bonds. The van der Waals surface area contributed by atoms with Crippen molar-refractivity contribution in [3.8, 4) is 5.75 Å². The van der Waals surface area contributed by atoms with Crippen LogP contribution < -0.4 is 9.46 Å². The van der Waals surface area contributed by atoms with E-state index in [0.29, 0.717) is 11.8 Å². The molecule has 0 radical (unpaired) electrons. The zero-order valence-electron chi connectivity index (χ0n) is 11.4. The van der Waals surface area contributed by atoms with Gasteiger partial charge in [-0.2, -0.15) is 0 Å². The van der Waals surface area contributed by atoms with Crippen molar-refractivity contribution in [2.75, 3.05) is 11.8 Å². The van der Waals surface area contributed by atoms with Crippen molar-refractivity contribution >= 4 is 15.7 Å². The first-order chi connectivity index (χ1) is 9.83. The van der Waals surface area contributed by atoms with Crippen LogP contribution in [-0.2, 0) is 10.0 Å². The molecule has 0 atom stereocenters. The highest BCUT2D eigenvalue weighted by Crippen LogP contribution is 2.28. The maximum atomic E-state index is 13.2. The molecule has 2 aromatic rings. The molecular weight excluding hydrogens is 300 g/mol. The standard InChI is InChI=1S/C14H13F2NO3S/c1-9-3-6-14(20-2)13(7-9)17-21(18,19)10-4-5-11(15)12(16)8-10/h3-8,17H,1-2H3. The molecule has 0 bridgehead atoms. The van der Waals surface area contributed by atoms with Crippen LogP contribution in [0.2, 0.25) is 0 Å². The zero-order chi connectivity index (χ0) is 15.6. The van der Waals surface area contributed by atoms with Gasteiger partial charge < -0.3 is 4.74 Å². The second-order valence-electron chi connectivity index (χ2n) is 4.39. The highest BCUT2D eigenvalue weighted by molar-refractivity contribution is 7.92. The van der Waals surface area contributed by atoms with Crippen LogP contribution in [0.25, 0.3) is 0 Å². The van der Waals surface area contributed by atoms with Gasteiger partial charge in [-0.1, -0.05) is 6.07 Å². The molecular formula is C14H13F2NO3S. The van der Waals surface area contributed by atoms with E-state index in [0.717, 1.165) is 17.7 Å². The van der Waals surface area contributed by atoms with Gasteiger partial charge in [0.2, 0.25) is 0 Å². The van der Waals surface area contributed by atoms with Crippen molar-refractivity contribution in [1.29, 1.82) is 0 Å². The van der Waals surface area contributed by atoms with Crippen LogP contribution in [0, 0.1) is 18.6 Å². The van der Waals surface area contributed by atoms with E-state index in [4.69, 9.17) is 4.74 Å². The molecule has 0 aliphatic heterocycles. The lowest BCUT2D eigenvalue weighted by Crippen LogP contribution is -2.14. The summed E-state index contributed by atoms with van der Waals surface area (Å²) in [5, 5.41) is 0. The molecule has 4 nitrogen and oxygen atoms in total. The van der Waals surface area contributed by atoms with Crippen molar-refractivity contribution in [2.45, 2.75) is 11.8 Å². The highest BCUT2D eigenvalue weighted by atomic mass is 32.2. The van der Waals surface area contributed by atoms with E-state index in [9.17, 15) is 17.2 Å². The minimum absolute atomic E-state index is 0.224. The molecule has 21 heavy (non-hydrogen) atoms. The van der Waals surface area contributed by atoms with Gasteiger partial charge in [-0.25, -0.2) is 17.2 Å². The van der Waals surface area contributed by atoms with Gasteiger partial charge in [0.1, 0.15) is 5.75 Å². The van der Waals surface area contributed by atoms with Crippen LogP contribution in [0.5, 0.6) is 5.75 Å². The van der Waals surface area contributed by atoms with Crippen LogP contribution in [0.3, 0.4) is 0 Å². The Hall–Kier alpha value is -2.15. The number of rotatable bonds is 4. The minimum atomic E-state index is -4.04. The monoisotopic (exact) mass is 313 g/mol. The first-order valence-corrected chi connectivity index (χ1v) is 7.44. The van der Waals surface area contributed by atoms with Crippen LogP contribution in [0.1, 0.15) is 5.56 Å². The van der Waals surface area contributed by atoms with Crippen LogP contribution in [0.15, 0.2) is 41.3 Å². The van der Waals surface area contributed by atoms with E-state index >= 15 is 0 Å².